The Morgan fingerprint density at radius 1 is 1.24 bits per heavy atom. The maximum Gasteiger partial charge on any atom is 0.255 e. The number of aliphatic hydroxyl groups excluding tert-OH is 1. The lowest BCUT2D eigenvalue weighted by Gasteiger charge is -2.06. The Kier molecular flexibility index (Phi) is 4.32. The Bertz CT molecular complexity index is 1050. The number of nitrogens with zero attached hydrogens (tertiary/aromatic N) is 1. The van der Waals surface area contributed by atoms with Crippen LogP contribution in [0.4, 0.5) is 5.69 Å². The molecule has 3 N–H and O–H groups in total. The normalized spacial score (nSPS) is 12.9. The van der Waals surface area contributed by atoms with Crippen molar-refractivity contribution in [3.05, 3.63) is 53.9 Å². The van der Waals surface area contributed by atoms with Crippen molar-refractivity contribution in [1.82, 2.24) is 9.97 Å². The minimum atomic E-state index is -3.38. The lowest BCUT2D eigenvalue weighted by Crippen LogP contribution is -2.12. The molecule has 0 fully saturated rings. The highest BCUT2D eigenvalue weighted by Crippen LogP contribution is 2.21. The molecule has 0 radical (unpaired) electrons. The van der Waals surface area contributed by atoms with Gasteiger partial charge in [-0.1, -0.05) is 6.07 Å². The van der Waals surface area contributed by atoms with E-state index in [0.717, 1.165) is 6.26 Å². The lowest BCUT2D eigenvalue weighted by molar-refractivity contribution is 0.102. The summed E-state index contributed by atoms with van der Waals surface area (Å²) in [6.45, 7) is 1.61. The van der Waals surface area contributed by atoms with Gasteiger partial charge in [0.05, 0.1) is 15.9 Å². The van der Waals surface area contributed by atoms with Gasteiger partial charge in [-0.3, -0.25) is 4.79 Å². The van der Waals surface area contributed by atoms with E-state index in [2.05, 4.69) is 15.3 Å². The van der Waals surface area contributed by atoms with Crippen molar-refractivity contribution in [3.63, 3.8) is 0 Å². The van der Waals surface area contributed by atoms with Crippen molar-refractivity contribution < 1.29 is 18.3 Å². The molecule has 7 nitrogen and oxygen atoms in total. The van der Waals surface area contributed by atoms with Crippen LogP contribution < -0.4 is 5.32 Å². The van der Waals surface area contributed by atoms with Gasteiger partial charge in [-0.15, -0.1) is 0 Å². The highest BCUT2D eigenvalue weighted by atomic mass is 32.2. The zero-order valence-electron chi connectivity index (χ0n) is 13.6. The number of amides is 1. The molecule has 1 atom stereocenters. The molecule has 1 unspecified atom stereocenters. The molecule has 3 aromatic rings. The molecule has 2 aromatic carbocycles. The van der Waals surface area contributed by atoms with Crippen LogP contribution in [-0.4, -0.2) is 35.7 Å². The summed E-state index contributed by atoms with van der Waals surface area (Å²) < 4.78 is 23.2. The average Bonchev–Trinajstić information content (AvgIpc) is 2.98. The molecular weight excluding hydrogens is 342 g/mol. The Balaban J connectivity index is 1.87. The first-order chi connectivity index (χ1) is 11.7. The number of benzene rings is 2. The SMILES string of the molecule is CC(O)c1nc2ccc(NC(=O)c3cccc(S(C)(=O)=O)c3)cc2[nH]1. The maximum atomic E-state index is 12.4. The van der Waals surface area contributed by atoms with Crippen LogP contribution in [0.3, 0.4) is 0 Å². The van der Waals surface area contributed by atoms with Crippen LogP contribution in [0.25, 0.3) is 11.0 Å². The zero-order valence-corrected chi connectivity index (χ0v) is 14.5. The Labute approximate surface area is 144 Å². The Morgan fingerprint density at radius 3 is 2.68 bits per heavy atom. The fourth-order valence-electron chi connectivity index (χ4n) is 2.38. The van der Waals surface area contributed by atoms with Gasteiger partial charge < -0.3 is 15.4 Å². The number of hydrogen-bond acceptors (Lipinski definition) is 5. The summed E-state index contributed by atoms with van der Waals surface area (Å²) in [5, 5.41) is 12.3. The number of imidazole rings is 1. The van der Waals surface area contributed by atoms with Crippen molar-refractivity contribution >= 4 is 32.5 Å². The molecule has 0 aliphatic heterocycles. The van der Waals surface area contributed by atoms with Crippen molar-refractivity contribution in [1.29, 1.82) is 0 Å². The number of aromatic amines is 1. The van der Waals surface area contributed by atoms with Gasteiger partial charge in [0.2, 0.25) is 0 Å². The fourth-order valence-corrected chi connectivity index (χ4v) is 3.04. The monoisotopic (exact) mass is 359 g/mol. The van der Waals surface area contributed by atoms with Gasteiger partial charge in [0.25, 0.3) is 5.91 Å². The van der Waals surface area contributed by atoms with Gasteiger partial charge in [-0.05, 0) is 43.3 Å². The number of H-pyrrole nitrogens is 1. The fraction of sp³-hybridized carbons (Fsp3) is 0.176. The average molecular weight is 359 g/mol. The highest BCUT2D eigenvalue weighted by Gasteiger charge is 2.13. The first kappa shape index (κ1) is 17.1. The van der Waals surface area contributed by atoms with Crippen LogP contribution >= 0.6 is 0 Å². The van der Waals surface area contributed by atoms with E-state index in [1.54, 1.807) is 31.2 Å². The van der Waals surface area contributed by atoms with Crippen LogP contribution in [-0.2, 0) is 9.84 Å². The predicted molar refractivity (Wildman–Crippen MR) is 94.2 cm³/mol. The molecule has 1 heterocycles. The molecule has 8 heteroatoms. The van der Waals surface area contributed by atoms with E-state index >= 15 is 0 Å². The second-order valence-corrected chi connectivity index (χ2v) is 7.80. The third kappa shape index (κ3) is 3.70. The maximum absolute atomic E-state index is 12.4. The van der Waals surface area contributed by atoms with Gasteiger partial charge in [0, 0.05) is 17.5 Å². The number of aliphatic hydroxyl groups is 1. The van der Waals surface area contributed by atoms with Gasteiger partial charge in [-0.25, -0.2) is 13.4 Å². The van der Waals surface area contributed by atoms with E-state index in [0.29, 0.717) is 22.5 Å². The van der Waals surface area contributed by atoms with Crippen LogP contribution in [0.1, 0.15) is 29.2 Å². The smallest absolute Gasteiger partial charge is 0.255 e. The van der Waals surface area contributed by atoms with E-state index in [-0.39, 0.29) is 10.5 Å². The Hall–Kier alpha value is -2.71. The zero-order chi connectivity index (χ0) is 18.2. The number of carbonyl (C=O) groups excluding carboxylic acids is 1. The largest absolute Gasteiger partial charge is 0.385 e. The van der Waals surface area contributed by atoms with E-state index in [4.69, 9.17) is 0 Å². The number of hydrogen-bond donors (Lipinski definition) is 3. The van der Waals surface area contributed by atoms with E-state index < -0.39 is 21.8 Å². The topological polar surface area (TPSA) is 112 Å². The standard InChI is InChI=1S/C17H17N3O4S/c1-10(21)16-19-14-7-6-12(9-15(14)20-16)18-17(22)11-4-3-5-13(8-11)25(2,23)24/h3-10,21H,1-2H3,(H,18,22)(H,19,20). The molecule has 0 aliphatic rings. The number of sulfone groups is 1. The number of anilines is 1. The third-order valence-electron chi connectivity index (χ3n) is 3.68. The van der Waals surface area contributed by atoms with Crippen molar-refractivity contribution in [3.8, 4) is 0 Å². The second kappa shape index (κ2) is 6.30. The molecule has 1 amide bonds. The minimum absolute atomic E-state index is 0.0887. The molecule has 25 heavy (non-hydrogen) atoms. The van der Waals surface area contributed by atoms with Crippen molar-refractivity contribution in [2.45, 2.75) is 17.9 Å². The molecule has 1 aromatic heterocycles. The lowest BCUT2D eigenvalue weighted by atomic mass is 10.2. The van der Waals surface area contributed by atoms with E-state index in [9.17, 15) is 18.3 Å². The Morgan fingerprint density at radius 2 is 2.00 bits per heavy atom. The quantitative estimate of drug-likeness (QED) is 0.661. The summed E-state index contributed by atoms with van der Waals surface area (Å²) in [6.07, 6.45) is 0.375. The van der Waals surface area contributed by atoms with Crippen LogP contribution in [0.5, 0.6) is 0 Å². The number of rotatable bonds is 4. The predicted octanol–water partition coefficient (Wildman–Crippen LogP) is 2.27. The minimum Gasteiger partial charge on any atom is -0.385 e. The molecule has 0 saturated carbocycles. The van der Waals surface area contributed by atoms with Crippen LogP contribution in [0.2, 0.25) is 0 Å². The second-order valence-electron chi connectivity index (χ2n) is 5.78. The van der Waals surface area contributed by atoms with Gasteiger partial charge in [-0.2, -0.15) is 0 Å². The molecule has 0 bridgehead atoms. The molecule has 0 saturated heterocycles. The first-order valence-electron chi connectivity index (χ1n) is 7.53. The van der Waals surface area contributed by atoms with Gasteiger partial charge in [0.1, 0.15) is 11.9 Å². The number of aromatic nitrogens is 2. The summed E-state index contributed by atoms with van der Waals surface area (Å²) >= 11 is 0. The summed E-state index contributed by atoms with van der Waals surface area (Å²) in [4.78, 5) is 19.7. The van der Waals surface area contributed by atoms with E-state index in [1.807, 2.05) is 0 Å². The third-order valence-corrected chi connectivity index (χ3v) is 4.79. The van der Waals surface area contributed by atoms with Crippen LogP contribution in [0.15, 0.2) is 47.4 Å². The molecular formula is C17H17N3O4S. The summed E-state index contributed by atoms with van der Waals surface area (Å²) in [6, 6.07) is 11.0. The van der Waals surface area contributed by atoms with Crippen LogP contribution in [0, 0.1) is 0 Å². The summed E-state index contributed by atoms with van der Waals surface area (Å²) in [7, 11) is -3.38. The van der Waals surface area contributed by atoms with E-state index in [1.165, 1.54) is 18.2 Å². The number of carbonyl (C=O) groups is 1. The molecule has 0 spiro atoms. The number of nitrogens with one attached hydrogen (secondary N) is 2. The highest BCUT2D eigenvalue weighted by molar-refractivity contribution is 7.90. The van der Waals surface area contributed by atoms with Gasteiger partial charge in [0.15, 0.2) is 9.84 Å². The van der Waals surface area contributed by atoms with Gasteiger partial charge >= 0.3 is 0 Å². The van der Waals surface area contributed by atoms with Crippen molar-refractivity contribution in [2.24, 2.45) is 0 Å². The number of fused-ring (bicyclic) bond motifs is 1. The summed E-state index contributed by atoms with van der Waals surface area (Å²) in [5.74, 6) is 0.0273. The molecule has 130 valence electrons. The molecule has 3 rings (SSSR count). The summed E-state index contributed by atoms with van der Waals surface area (Å²) in [5.41, 5.74) is 2.13. The first-order valence-corrected chi connectivity index (χ1v) is 9.42. The van der Waals surface area contributed by atoms with Crippen molar-refractivity contribution in [2.75, 3.05) is 11.6 Å². The molecule has 0 aliphatic carbocycles.